The molecule has 0 aromatic carbocycles. The Hall–Kier alpha value is -0.0800. The van der Waals surface area contributed by atoms with Gasteiger partial charge >= 0.3 is 0 Å². The maximum Gasteiger partial charge on any atom is 0.0697 e. The Morgan fingerprint density at radius 3 is 2.50 bits per heavy atom. The van der Waals surface area contributed by atoms with E-state index in [-0.39, 0.29) is 12.0 Å². The Bertz CT molecular complexity index is 147. The van der Waals surface area contributed by atoms with Crippen LogP contribution in [0, 0.1) is 5.92 Å². The maximum absolute atomic E-state index is 10.2. The highest BCUT2D eigenvalue weighted by Crippen LogP contribution is 2.38. The van der Waals surface area contributed by atoms with Crippen LogP contribution in [-0.4, -0.2) is 21.9 Å². The van der Waals surface area contributed by atoms with E-state index in [1.807, 2.05) is 13.8 Å². The van der Waals surface area contributed by atoms with E-state index in [0.29, 0.717) is 0 Å². The van der Waals surface area contributed by atoms with Gasteiger partial charge in [-0.2, -0.15) is 0 Å². The van der Waals surface area contributed by atoms with Gasteiger partial charge in [0, 0.05) is 5.92 Å². The van der Waals surface area contributed by atoms with Gasteiger partial charge in [-0.3, -0.25) is 0 Å². The summed E-state index contributed by atoms with van der Waals surface area (Å²) in [4.78, 5) is 0. The molecule has 1 aliphatic rings. The summed E-state index contributed by atoms with van der Waals surface area (Å²) in [6, 6.07) is 0. The van der Waals surface area contributed by atoms with Crippen molar-refractivity contribution in [2.75, 3.05) is 0 Å². The lowest BCUT2D eigenvalue weighted by molar-refractivity contribution is -0.106. The average molecular weight is 172 g/mol. The molecule has 0 amide bonds. The molecular formula is C10H20O2. The molecular weight excluding hydrogens is 152 g/mol. The second kappa shape index (κ2) is 3.75. The fourth-order valence-corrected chi connectivity index (χ4v) is 2.45. The van der Waals surface area contributed by atoms with Crippen LogP contribution in [-0.2, 0) is 0 Å². The lowest BCUT2D eigenvalue weighted by Gasteiger charge is -2.42. The number of aliphatic hydroxyl groups is 2. The molecule has 1 saturated carbocycles. The van der Waals surface area contributed by atoms with Crippen LogP contribution in [0.15, 0.2) is 0 Å². The minimum Gasteiger partial charge on any atom is -0.393 e. The molecule has 2 N–H and O–H groups in total. The van der Waals surface area contributed by atoms with E-state index in [2.05, 4.69) is 0 Å². The standard InChI is InChI=1S/C10H20O2/c1-3-8-9(11)6-5-7-10(8,12)4-2/h8-9,11-12H,3-7H2,1-2H3. The van der Waals surface area contributed by atoms with Crippen LogP contribution in [0.3, 0.4) is 0 Å². The van der Waals surface area contributed by atoms with Crippen molar-refractivity contribution in [1.82, 2.24) is 0 Å². The minimum atomic E-state index is -0.591. The summed E-state index contributed by atoms with van der Waals surface area (Å²) in [5.41, 5.74) is -0.591. The van der Waals surface area contributed by atoms with E-state index in [1.54, 1.807) is 0 Å². The third kappa shape index (κ3) is 1.64. The van der Waals surface area contributed by atoms with Gasteiger partial charge in [0.15, 0.2) is 0 Å². The van der Waals surface area contributed by atoms with Crippen LogP contribution in [0.5, 0.6) is 0 Å². The van der Waals surface area contributed by atoms with Gasteiger partial charge in [0.2, 0.25) is 0 Å². The Morgan fingerprint density at radius 1 is 1.42 bits per heavy atom. The van der Waals surface area contributed by atoms with E-state index in [9.17, 15) is 10.2 Å². The molecule has 0 saturated heterocycles. The summed E-state index contributed by atoms with van der Waals surface area (Å²) >= 11 is 0. The summed E-state index contributed by atoms with van der Waals surface area (Å²) in [7, 11) is 0. The van der Waals surface area contributed by atoms with Gasteiger partial charge in [-0.15, -0.1) is 0 Å². The van der Waals surface area contributed by atoms with Crippen LogP contribution in [0.25, 0.3) is 0 Å². The van der Waals surface area contributed by atoms with Crippen molar-refractivity contribution in [3.63, 3.8) is 0 Å². The van der Waals surface area contributed by atoms with Gasteiger partial charge in [0.05, 0.1) is 11.7 Å². The first-order valence-corrected chi connectivity index (χ1v) is 5.04. The molecule has 0 aliphatic heterocycles. The fourth-order valence-electron chi connectivity index (χ4n) is 2.45. The van der Waals surface area contributed by atoms with Crippen molar-refractivity contribution in [1.29, 1.82) is 0 Å². The predicted molar refractivity (Wildman–Crippen MR) is 48.9 cm³/mol. The lowest BCUT2D eigenvalue weighted by Crippen LogP contribution is -2.46. The monoisotopic (exact) mass is 172 g/mol. The van der Waals surface area contributed by atoms with Crippen molar-refractivity contribution in [2.24, 2.45) is 5.92 Å². The summed E-state index contributed by atoms with van der Waals surface area (Å²) in [6.45, 7) is 4.04. The van der Waals surface area contributed by atoms with Crippen molar-refractivity contribution < 1.29 is 10.2 Å². The van der Waals surface area contributed by atoms with Crippen LogP contribution < -0.4 is 0 Å². The highest BCUT2D eigenvalue weighted by Gasteiger charge is 2.40. The molecule has 1 fully saturated rings. The van der Waals surface area contributed by atoms with E-state index in [4.69, 9.17) is 0 Å². The van der Waals surface area contributed by atoms with Gasteiger partial charge in [0.25, 0.3) is 0 Å². The first-order chi connectivity index (χ1) is 5.64. The van der Waals surface area contributed by atoms with Crippen LogP contribution in [0.4, 0.5) is 0 Å². The topological polar surface area (TPSA) is 40.5 Å². The minimum absolute atomic E-state index is 0.0937. The van der Waals surface area contributed by atoms with E-state index < -0.39 is 5.60 Å². The van der Waals surface area contributed by atoms with E-state index in [1.165, 1.54) is 0 Å². The lowest BCUT2D eigenvalue weighted by atomic mass is 9.71. The zero-order valence-corrected chi connectivity index (χ0v) is 8.08. The Balaban J connectivity index is 2.70. The molecule has 0 aromatic heterocycles. The Labute approximate surface area is 74.6 Å². The van der Waals surface area contributed by atoms with Gasteiger partial charge in [-0.05, 0) is 32.1 Å². The highest BCUT2D eigenvalue weighted by molar-refractivity contribution is 4.92. The summed E-state index contributed by atoms with van der Waals surface area (Å²) < 4.78 is 0. The second-order valence-electron chi connectivity index (χ2n) is 3.93. The van der Waals surface area contributed by atoms with Gasteiger partial charge in [0.1, 0.15) is 0 Å². The summed E-state index contributed by atoms with van der Waals surface area (Å²) in [5.74, 6) is 0.0937. The number of hydrogen-bond donors (Lipinski definition) is 2. The normalized spacial score (nSPS) is 43.0. The van der Waals surface area contributed by atoms with Crippen molar-refractivity contribution in [3.05, 3.63) is 0 Å². The van der Waals surface area contributed by atoms with Gasteiger partial charge < -0.3 is 10.2 Å². The number of aliphatic hydroxyl groups excluding tert-OH is 1. The fraction of sp³-hybridized carbons (Fsp3) is 1.00. The SMILES string of the molecule is CCC1C(O)CCCC1(O)CC. The molecule has 0 bridgehead atoms. The largest absolute Gasteiger partial charge is 0.393 e. The maximum atomic E-state index is 10.2. The van der Waals surface area contributed by atoms with Crippen molar-refractivity contribution in [2.45, 2.75) is 57.7 Å². The molecule has 3 unspecified atom stereocenters. The molecule has 1 aliphatic carbocycles. The van der Waals surface area contributed by atoms with Crippen molar-refractivity contribution in [3.8, 4) is 0 Å². The van der Waals surface area contributed by atoms with Crippen LogP contribution in [0.2, 0.25) is 0 Å². The molecule has 0 radical (unpaired) electrons. The zero-order chi connectivity index (χ0) is 9.19. The quantitative estimate of drug-likeness (QED) is 0.665. The van der Waals surface area contributed by atoms with Crippen LogP contribution >= 0.6 is 0 Å². The van der Waals surface area contributed by atoms with Gasteiger partial charge in [-0.25, -0.2) is 0 Å². The van der Waals surface area contributed by atoms with Gasteiger partial charge in [-0.1, -0.05) is 13.8 Å². The number of hydrogen-bond acceptors (Lipinski definition) is 2. The average Bonchev–Trinajstić information content (AvgIpc) is 2.05. The number of rotatable bonds is 2. The molecule has 12 heavy (non-hydrogen) atoms. The molecule has 72 valence electrons. The summed E-state index contributed by atoms with van der Waals surface area (Å²) in [5, 5.41) is 19.8. The van der Waals surface area contributed by atoms with Crippen molar-refractivity contribution >= 4 is 0 Å². The second-order valence-corrected chi connectivity index (χ2v) is 3.93. The highest BCUT2D eigenvalue weighted by atomic mass is 16.3. The van der Waals surface area contributed by atoms with E-state index >= 15 is 0 Å². The molecule has 0 heterocycles. The Morgan fingerprint density at radius 2 is 2.08 bits per heavy atom. The predicted octanol–water partition coefficient (Wildman–Crippen LogP) is 1.70. The molecule has 0 spiro atoms. The molecule has 2 nitrogen and oxygen atoms in total. The van der Waals surface area contributed by atoms with E-state index in [0.717, 1.165) is 32.1 Å². The third-order valence-electron chi connectivity index (χ3n) is 3.32. The third-order valence-corrected chi connectivity index (χ3v) is 3.32. The molecule has 1 rings (SSSR count). The first kappa shape index (κ1) is 10.0. The molecule has 3 atom stereocenters. The Kier molecular flexibility index (Phi) is 3.13. The van der Waals surface area contributed by atoms with Crippen LogP contribution in [0.1, 0.15) is 46.0 Å². The molecule has 2 heteroatoms. The first-order valence-electron chi connectivity index (χ1n) is 5.04. The molecule has 0 aromatic rings. The summed E-state index contributed by atoms with van der Waals surface area (Å²) in [6.07, 6.45) is 4.05. The smallest absolute Gasteiger partial charge is 0.0697 e. The zero-order valence-electron chi connectivity index (χ0n) is 8.08.